The van der Waals surface area contributed by atoms with Crippen molar-refractivity contribution in [3.8, 4) is 5.75 Å². The second kappa shape index (κ2) is 7.38. The fraction of sp³-hybridized carbons (Fsp3) is 0.619. The van der Waals surface area contributed by atoms with Gasteiger partial charge in [-0.3, -0.25) is 0 Å². The highest BCUT2D eigenvalue weighted by atomic mass is 16.5. The first-order valence-corrected chi connectivity index (χ1v) is 9.31. The van der Waals surface area contributed by atoms with E-state index in [1.807, 2.05) is 12.3 Å². The predicted octanol–water partition coefficient (Wildman–Crippen LogP) is 4.24. The first-order chi connectivity index (χ1) is 11.9. The molecular formula is C21H31NO3. The van der Waals surface area contributed by atoms with Gasteiger partial charge in [-0.1, -0.05) is 20.8 Å². The summed E-state index contributed by atoms with van der Waals surface area (Å²) in [5, 5.41) is 10.3. The van der Waals surface area contributed by atoms with Crippen molar-refractivity contribution < 1.29 is 14.6 Å². The number of hydrogen-bond donors (Lipinski definition) is 1. The van der Waals surface area contributed by atoms with E-state index in [0.29, 0.717) is 17.9 Å². The smallest absolute Gasteiger partial charge is 0.125 e. The van der Waals surface area contributed by atoms with Gasteiger partial charge in [0.15, 0.2) is 0 Å². The molecule has 0 aliphatic heterocycles. The Bertz CT molecular complexity index is 701. The minimum atomic E-state index is 0.112. The summed E-state index contributed by atoms with van der Waals surface area (Å²) in [6.07, 6.45) is 5.54. The predicted molar refractivity (Wildman–Crippen MR) is 101 cm³/mol. The molecule has 3 rings (SSSR count). The lowest BCUT2D eigenvalue weighted by Gasteiger charge is -2.41. The van der Waals surface area contributed by atoms with E-state index in [2.05, 4.69) is 43.5 Å². The Morgan fingerprint density at radius 3 is 2.64 bits per heavy atom. The summed E-state index contributed by atoms with van der Waals surface area (Å²) in [5.41, 5.74) is 1.44. The van der Waals surface area contributed by atoms with Gasteiger partial charge in [-0.25, -0.2) is 0 Å². The van der Waals surface area contributed by atoms with E-state index in [-0.39, 0.29) is 18.8 Å². The third-order valence-corrected chi connectivity index (χ3v) is 5.63. The van der Waals surface area contributed by atoms with Crippen LogP contribution in [0.3, 0.4) is 0 Å². The number of fused-ring (bicyclic) bond motifs is 1. The molecule has 0 radical (unpaired) electrons. The Morgan fingerprint density at radius 2 is 1.96 bits per heavy atom. The Kier molecular flexibility index (Phi) is 5.40. The maximum absolute atomic E-state index is 9.14. The zero-order chi connectivity index (χ0) is 18.0. The van der Waals surface area contributed by atoms with Crippen LogP contribution in [0.5, 0.6) is 5.75 Å². The van der Waals surface area contributed by atoms with Crippen molar-refractivity contribution in [1.29, 1.82) is 0 Å². The highest BCUT2D eigenvalue weighted by molar-refractivity contribution is 5.81. The number of methoxy groups -OCH3 is 1. The van der Waals surface area contributed by atoms with Crippen LogP contribution in [0.2, 0.25) is 0 Å². The van der Waals surface area contributed by atoms with Crippen molar-refractivity contribution in [2.75, 3.05) is 13.7 Å². The van der Waals surface area contributed by atoms with Crippen molar-refractivity contribution in [2.45, 2.75) is 58.8 Å². The van der Waals surface area contributed by atoms with Crippen LogP contribution >= 0.6 is 0 Å². The molecule has 1 N–H and O–H groups in total. The number of benzene rings is 1. The van der Waals surface area contributed by atoms with Gasteiger partial charge in [0.1, 0.15) is 11.9 Å². The summed E-state index contributed by atoms with van der Waals surface area (Å²) >= 11 is 0. The lowest BCUT2D eigenvalue weighted by molar-refractivity contribution is -0.0540. The normalized spacial score (nSPS) is 24.6. The van der Waals surface area contributed by atoms with Gasteiger partial charge in [0, 0.05) is 30.8 Å². The Morgan fingerprint density at radius 1 is 1.16 bits per heavy atom. The number of aromatic nitrogens is 1. The number of aliphatic hydroxyl groups excluding tert-OH is 1. The maximum atomic E-state index is 9.14. The summed E-state index contributed by atoms with van der Waals surface area (Å²) in [5.74, 6) is 1.57. The Balaban J connectivity index is 1.72. The SMILES string of the molecule is CO[C@@H]1CC(C(C)(C)C)CC[C@H]1Oc1ccc2c(ccn2CCO)c1. The van der Waals surface area contributed by atoms with Crippen LogP contribution in [0, 0.1) is 11.3 Å². The monoisotopic (exact) mass is 345 g/mol. The Hall–Kier alpha value is -1.52. The minimum Gasteiger partial charge on any atom is -0.488 e. The van der Waals surface area contributed by atoms with Crippen molar-refractivity contribution in [1.82, 2.24) is 4.57 Å². The van der Waals surface area contributed by atoms with Crippen molar-refractivity contribution in [2.24, 2.45) is 11.3 Å². The standard InChI is InChI=1S/C21H31NO3/c1-21(2,3)16-5-8-19(20(14-16)24-4)25-17-6-7-18-15(13-17)9-10-22(18)11-12-23/h6-7,9-10,13,16,19-20,23H,5,8,11-12,14H2,1-4H3/t16?,19-,20-/m1/s1. The van der Waals surface area contributed by atoms with Gasteiger partial charge in [0.2, 0.25) is 0 Å². The Labute approximate surface area is 150 Å². The van der Waals surface area contributed by atoms with Crippen LogP contribution in [-0.4, -0.2) is 35.6 Å². The molecule has 1 aromatic heterocycles. The molecule has 1 aromatic carbocycles. The molecule has 1 aliphatic carbocycles. The van der Waals surface area contributed by atoms with E-state index in [0.717, 1.165) is 29.5 Å². The molecule has 1 heterocycles. The third kappa shape index (κ3) is 4.01. The van der Waals surface area contributed by atoms with Gasteiger partial charge in [0.05, 0.1) is 12.7 Å². The molecule has 4 nitrogen and oxygen atoms in total. The zero-order valence-corrected chi connectivity index (χ0v) is 15.9. The summed E-state index contributed by atoms with van der Waals surface area (Å²) < 4.78 is 14.1. The van der Waals surface area contributed by atoms with Gasteiger partial charge in [0.25, 0.3) is 0 Å². The molecule has 0 bridgehead atoms. The van der Waals surface area contributed by atoms with E-state index in [9.17, 15) is 0 Å². The van der Waals surface area contributed by atoms with E-state index in [4.69, 9.17) is 14.6 Å². The van der Waals surface area contributed by atoms with Gasteiger partial charge >= 0.3 is 0 Å². The molecule has 1 fully saturated rings. The average molecular weight is 345 g/mol. The lowest BCUT2D eigenvalue weighted by atomic mass is 9.71. The molecule has 0 saturated heterocycles. The molecule has 0 amide bonds. The fourth-order valence-corrected chi connectivity index (χ4v) is 4.00. The number of nitrogens with zero attached hydrogens (tertiary/aromatic N) is 1. The van der Waals surface area contributed by atoms with Crippen molar-refractivity contribution in [3.63, 3.8) is 0 Å². The van der Waals surface area contributed by atoms with Crippen LogP contribution < -0.4 is 4.74 Å². The van der Waals surface area contributed by atoms with Gasteiger partial charge in [-0.15, -0.1) is 0 Å². The van der Waals surface area contributed by atoms with E-state index in [1.54, 1.807) is 7.11 Å². The van der Waals surface area contributed by atoms with E-state index in [1.165, 1.54) is 6.42 Å². The maximum Gasteiger partial charge on any atom is 0.125 e. The van der Waals surface area contributed by atoms with E-state index >= 15 is 0 Å². The summed E-state index contributed by atoms with van der Waals surface area (Å²) in [6, 6.07) is 8.26. The molecule has 2 aromatic rings. The largest absolute Gasteiger partial charge is 0.488 e. The molecule has 138 valence electrons. The van der Waals surface area contributed by atoms with Crippen LogP contribution in [-0.2, 0) is 11.3 Å². The molecule has 1 unspecified atom stereocenters. The van der Waals surface area contributed by atoms with Crippen LogP contribution in [0.1, 0.15) is 40.0 Å². The fourth-order valence-electron chi connectivity index (χ4n) is 4.00. The molecule has 0 spiro atoms. The number of ether oxygens (including phenoxy) is 2. The third-order valence-electron chi connectivity index (χ3n) is 5.63. The average Bonchev–Trinajstić information content (AvgIpc) is 2.97. The van der Waals surface area contributed by atoms with Crippen LogP contribution in [0.4, 0.5) is 0 Å². The number of hydrogen-bond acceptors (Lipinski definition) is 3. The molecule has 3 atom stereocenters. The quantitative estimate of drug-likeness (QED) is 0.881. The zero-order valence-electron chi connectivity index (χ0n) is 15.9. The van der Waals surface area contributed by atoms with Crippen molar-refractivity contribution >= 4 is 10.9 Å². The second-order valence-corrected chi connectivity index (χ2v) is 8.26. The molecule has 1 saturated carbocycles. The first-order valence-electron chi connectivity index (χ1n) is 9.31. The summed E-state index contributed by atoms with van der Waals surface area (Å²) in [6.45, 7) is 7.71. The second-order valence-electron chi connectivity index (χ2n) is 8.26. The summed E-state index contributed by atoms with van der Waals surface area (Å²) in [7, 11) is 1.80. The van der Waals surface area contributed by atoms with Crippen LogP contribution in [0.25, 0.3) is 10.9 Å². The van der Waals surface area contributed by atoms with Gasteiger partial charge in [-0.2, -0.15) is 0 Å². The molecular weight excluding hydrogens is 314 g/mol. The number of aliphatic hydroxyl groups is 1. The van der Waals surface area contributed by atoms with Gasteiger partial charge in [-0.05, 0) is 54.9 Å². The topological polar surface area (TPSA) is 43.6 Å². The molecule has 25 heavy (non-hydrogen) atoms. The van der Waals surface area contributed by atoms with Crippen LogP contribution in [0.15, 0.2) is 30.5 Å². The lowest BCUT2D eigenvalue weighted by Crippen LogP contribution is -2.42. The van der Waals surface area contributed by atoms with Crippen molar-refractivity contribution in [3.05, 3.63) is 30.5 Å². The highest BCUT2D eigenvalue weighted by Crippen LogP contribution is 2.40. The van der Waals surface area contributed by atoms with E-state index < -0.39 is 0 Å². The number of rotatable bonds is 5. The van der Waals surface area contributed by atoms with Gasteiger partial charge < -0.3 is 19.1 Å². The molecule has 4 heteroatoms. The minimum absolute atomic E-state index is 0.112. The summed E-state index contributed by atoms with van der Waals surface area (Å²) in [4.78, 5) is 0. The first kappa shape index (κ1) is 18.3. The molecule has 1 aliphatic rings. The highest BCUT2D eigenvalue weighted by Gasteiger charge is 2.37.